The Hall–Kier alpha value is -2.26. The second-order valence-corrected chi connectivity index (χ2v) is 5.48. The van der Waals surface area contributed by atoms with Crippen LogP contribution in [0.2, 0.25) is 0 Å². The molecule has 0 saturated carbocycles. The van der Waals surface area contributed by atoms with Gasteiger partial charge in [0.2, 0.25) is 0 Å². The van der Waals surface area contributed by atoms with E-state index in [1.807, 2.05) is 24.5 Å². The molecule has 1 heterocycles. The molecule has 0 aliphatic rings. The fourth-order valence-electron chi connectivity index (χ4n) is 2.33. The third-order valence-corrected chi connectivity index (χ3v) is 3.45. The molecule has 0 aliphatic carbocycles. The molecule has 3 rings (SSSR count). The quantitative estimate of drug-likeness (QED) is 0.788. The van der Waals surface area contributed by atoms with Crippen molar-refractivity contribution >= 4 is 10.8 Å². The van der Waals surface area contributed by atoms with Crippen molar-refractivity contribution in [3.05, 3.63) is 60.4 Å². The highest BCUT2D eigenvalue weighted by Crippen LogP contribution is 2.25. The molecule has 0 fully saturated rings. The van der Waals surface area contributed by atoms with Crippen LogP contribution in [-0.2, 0) is 6.54 Å². The van der Waals surface area contributed by atoms with E-state index in [1.165, 1.54) is 10.8 Å². The van der Waals surface area contributed by atoms with Gasteiger partial charge < -0.3 is 5.32 Å². The van der Waals surface area contributed by atoms with Crippen molar-refractivity contribution in [1.29, 1.82) is 0 Å². The minimum absolute atomic E-state index is 0.461. The SMILES string of the molecule is CC(C)NCc1cnc(-c2cccc3ccccc23)nc1. The lowest BCUT2D eigenvalue weighted by Crippen LogP contribution is -2.21. The number of aromatic nitrogens is 2. The molecule has 21 heavy (non-hydrogen) atoms. The first kappa shape index (κ1) is 13.7. The molecule has 3 aromatic rings. The van der Waals surface area contributed by atoms with Crippen molar-refractivity contribution in [1.82, 2.24) is 15.3 Å². The number of fused-ring (bicyclic) bond motifs is 1. The number of rotatable bonds is 4. The van der Waals surface area contributed by atoms with Crippen LogP contribution in [0.5, 0.6) is 0 Å². The van der Waals surface area contributed by atoms with Crippen LogP contribution in [0, 0.1) is 0 Å². The number of hydrogen-bond donors (Lipinski definition) is 1. The summed E-state index contributed by atoms with van der Waals surface area (Å²) in [6, 6.07) is 15.0. The highest BCUT2D eigenvalue weighted by atomic mass is 14.9. The van der Waals surface area contributed by atoms with E-state index < -0.39 is 0 Å². The minimum atomic E-state index is 0.461. The fraction of sp³-hybridized carbons (Fsp3) is 0.222. The van der Waals surface area contributed by atoms with Crippen LogP contribution in [0.3, 0.4) is 0 Å². The first-order valence-corrected chi connectivity index (χ1v) is 7.26. The molecule has 3 nitrogen and oxygen atoms in total. The molecule has 0 unspecified atom stereocenters. The molecule has 2 aromatic carbocycles. The van der Waals surface area contributed by atoms with Crippen molar-refractivity contribution in [3.8, 4) is 11.4 Å². The first-order valence-electron chi connectivity index (χ1n) is 7.26. The molecule has 0 atom stereocenters. The average molecular weight is 277 g/mol. The summed E-state index contributed by atoms with van der Waals surface area (Å²) in [5, 5.41) is 5.77. The zero-order valence-corrected chi connectivity index (χ0v) is 12.4. The van der Waals surface area contributed by atoms with E-state index in [0.29, 0.717) is 6.04 Å². The number of nitrogens with one attached hydrogen (secondary N) is 1. The largest absolute Gasteiger partial charge is 0.310 e. The van der Waals surface area contributed by atoms with E-state index in [9.17, 15) is 0 Å². The maximum absolute atomic E-state index is 4.53. The number of hydrogen-bond acceptors (Lipinski definition) is 3. The Kier molecular flexibility index (Phi) is 3.93. The topological polar surface area (TPSA) is 37.8 Å². The highest BCUT2D eigenvalue weighted by molar-refractivity contribution is 5.94. The van der Waals surface area contributed by atoms with Crippen molar-refractivity contribution in [2.75, 3.05) is 0 Å². The summed E-state index contributed by atoms with van der Waals surface area (Å²) in [6.07, 6.45) is 3.80. The van der Waals surface area contributed by atoms with Gasteiger partial charge in [0.25, 0.3) is 0 Å². The monoisotopic (exact) mass is 277 g/mol. The van der Waals surface area contributed by atoms with Gasteiger partial charge in [-0.25, -0.2) is 9.97 Å². The molecule has 0 saturated heterocycles. The van der Waals surface area contributed by atoms with Crippen LogP contribution >= 0.6 is 0 Å². The Morgan fingerprint density at radius 3 is 2.43 bits per heavy atom. The Balaban J connectivity index is 1.92. The summed E-state index contributed by atoms with van der Waals surface area (Å²) in [7, 11) is 0. The van der Waals surface area contributed by atoms with E-state index in [0.717, 1.165) is 23.5 Å². The van der Waals surface area contributed by atoms with E-state index in [2.05, 4.69) is 59.5 Å². The summed E-state index contributed by atoms with van der Waals surface area (Å²) in [5.74, 6) is 0.778. The van der Waals surface area contributed by atoms with Gasteiger partial charge in [0, 0.05) is 36.1 Å². The van der Waals surface area contributed by atoms with E-state index in [1.54, 1.807) is 0 Å². The smallest absolute Gasteiger partial charge is 0.159 e. The maximum Gasteiger partial charge on any atom is 0.159 e. The zero-order chi connectivity index (χ0) is 14.7. The lowest BCUT2D eigenvalue weighted by molar-refractivity contribution is 0.587. The third kappa shape index (κ3) is 3.09. The van der Waals surface area contributed by atoms with Crippen molar-refractivity contribution in [3.63, 3.8) is 0 Å². The Labute approximate surface area is 125 Å². The van der Waals surface area contributed by atoms with E-state index in [4.69, 9.17) is 0 Å². The zero-order valence-electron chi connectivity index (χ0n) is 12.4. The van der Waals surface area contributed by atoms with Crippen molar-refractivity contribution in [2.45, 2.75) is 26.4 Å². The normalized spacial score (nSPS) is 11.2. The molecule has 0 aliphatic heterocycles. The van der Waals surface area contributed by atoms with Crippen LogP contribution in [0.4, 0.5) is 0 Å². The summed E-state index contributed by atoms with van der Waals surface area (Å²) in [4.78, 5) is 9.05. The highest BCUT2D eigenvalue weighted by Gasteiger charge is 2.06. The molecule has 1 N–H and O–H groups in total. The summed E-state index contributed by atoms with van der Waals surface area (Å²) < 4.78 is 0. The average Bonchev–Trinajstić information content (AvgIpc) is 2.53. The Morgan fingerprint density at radius 2 is 1.67 bits per heavy atom. The van der Waals surface area contributed by atoms with Gasteiger partial charge in [0.15, 0.2) is 5.82 Å². The van der Waals surface area contributed by atoms with Crippen LogP contribution in [0.1, 0.15) is 19.4 Å². The van der Waals surface area contributed by atoms with Gasteiger partial charge in [-0.2, -0.15) is 0 Å². The van der Waals surface area contributed by atoms with Gasteiger partial charge in [0.05, 0.1) is 0 Å². The third-order valence-electron chi connectivity index (χ3n) is 3.45. The first-order chi connectivity index (χ1) is 10.2. The molecule has 0 spiro atoms. The van der Waals surface area contributed by atoms with Crippen molar-refractivity contribution < 1.29 is 0 Å². The molecule has 0 radical (unpaired) electrons. The lowest BCUT2D eigenvalue weighted by Gasteiger charge is -2.09. The van der Waals surface area contributed by atoms with Gasteiger partial charge in [-0.3, -0.25) is 0 Å². The predicted molar refractivity (Wildman–Crippen MR) is 86.9 cm³/mol. The molecular weight excluding hydrogens is 258 g/mol. The fourth-order valence-corrected chi connectivity index (χ4v) is 2.33. The lowest BCUT2D eigenvalue weighted by atomic mass is 10.0. The predicted octanol–water partition coefficient (Wildman–Crippen LogP) is 3.79. The van der Waals surface area contributed by atoms with Crippen molar-refractivity contribution in [2.24, 2.45) is 0 Å². The van der Waals surface area contributed by atoms with Gasteiger partial charge in [-0.05, 0) is 10.8 Å². The van der Waals surface area contributed by atoms with E-state index in [-0.39, 0.29) is 0 Å². The van der Waals surface area contributed by atoms with Crippen LogP contribution in [-0.4, -0.2) is 16.0 Å². The Morgan fingerprint density at radius 1 is 0.952 bits per heavy atom. The molecule has 1 aromatic heterocycles. The van der Waals surface area contributed by atoms with Gasteiger partial charge >= 0.3 is 0 Å². The number of benzene rings is 2. The molecule has 0 bridgehead atoms. The van der Waals surface area contributed by atoms with Crippen LogP contribution in [0.25, 0.3) is 22.2 Å². The van der Waals surface area contributed by atoms with Gasteiger partial charge in [0.1, 0.15) is 0 Å². The minimum Gasteiger partial charge on any atom is -0.310 e. The maximum atomic E-state index is 4.53. The van der Waals surface area contributed by atoms with Crippen LogP contribution in [0.15, 0.2) is 54.9 Å². The van der Waals surface area contributed by atoms with E-state index >= 15 is 0 Å². The summed E-state index contributed by atoms with van der Waals surface area (Å²) in [6.45, 7) is 5.06. The van der Waals surface area contributed by atoms with Gasteiger partial charge in [-0.15, -0.1) is 0 Å². The summed E-state index contributed by atoms with van der Waals surface area (Å²) >= 11 is 0. The second kappa shape index (κ2) is 6.02. The molecule has 106 valence electrons. The summed E-state index contributed by atoms with van der Waals surface area (Å²) in [5.41, 5.74) is 2.18. The Bertz CT molecular complexity index is 728. The van der Waals surface area contributed by atoms with Gasteiger partial charge in [-0.1, -0.05) is 56.3 Å². The molecule has 3 heteroatoms. The number of nitrogens with zero attached hydrogens (tertiary/aromatic N) is 2. The molecule has 0 amide bonds. The standard InChI is InChI=1S/C18H19N3/c1-13(2)19-10-14-11-20-18(21-12-14)17-9-5-7-15-6-3-4-8-16(15)17/h3-9,11-13,19H,10H2,1-2H3. The molecular formula is C18H19N3. The second-order valence-electron chi connectivity index (χ2n) is 5.48. The van der Waals surface area contributed by atoms with Crippen LogP contribution < -0.4 is 5.32 Å².